The maximum Gasteiger partial charge on any atom is 0.340 e. The van der Waals surface area contributed by atoms with Gasteiger partial charge in [0, 0.05) is 28.9 Å². The molecule has 1 amide bonds. The molecule has 1 aromatic carbocycles. The lowest BCUT2D eigenvalue weighted by Crippen LogP contribution is -2.14. The van der Waals surface area contributed by atoms with Crippen LogP contribution in [0.5, 0.6) is 0 Å². The molecule has 3 rings (SSSR count). The van der Waals surface area contributed by atoms with Crippen molar-refractivity contribution in [2.45, 2.75) is 12.8 Å². The van der Waals surface area contributed by atoms with Crippen LogP contribution in [0.4, 0.5) is 5.69 Å². The lowest BCUT2D eigenvalue weighted by molar-refractivity contribution is -0.116. The van der Waals surface area contributed by atoms with Crippen molar-refractivity contribution in [2.75, 3.05) is 12.4 Å². The molecule has 26 heavy (non-hydrogen) atoms. The largest absolute Gasteiger partial charge is 0.465 e. The summed E-state index contributed by atoms with van der Waals surface area (Å²) in [7, 11) is 1.32. The molecule has 132 valence electrons. The number of thiophene rings is 1. The van der Waals surface area contributed by atoms with Crippen molar-refractivity contribution in [1.82, 2.24) is 4.98 Å². The lowest BCUT2D eigenvalue weighted by atomic mass is 10.0. The van der Waals surface area contributed by atoms with Gasteiger partial charge in [0.05, 0.1) is 24.1 Å². The van der Waals surface area contributed by atoms with Crippen molar-refractivity contribution in [1.29, 1.82) is 0 Å². The van der Waals surface area contributed by atoms with E-state index >= 15 is 0 Å². The van der Waals surface area contributed by atoms with Crippen molar-refractivity contribution >= 4 is 28.9 Å². The zero-order valence-corrected chi connectivity index (χ0v) is 15.1. The molecule has 2 heterocycles. The molecule has 5 nitrogen and oxygen atoms in total. The standard InChI is InChI=1S/C20H18N2O3S/c1-25-20(24)16-12-26-13-18(16)22-19(23)10-7-14-5-8-15(9-6-14)17-4-2-3-11-21-17/h2-6,8-9,11-13H,7,10H2,1H3,(H,22,23). The van der Waals surface area contributed by atoms with E-state index in [0.29, 0.717) is 24.1 Å². The number of methoxy groups -OCH3 is 1. The lowest BCUT2D eigenvalue weighted by Gasteiger charge is -2.07. The third-order valence-electron chi connectivity index (χ3n) is 3.90. The first kappa shape index (κ1) is 17.8. The van der Waals surface area contributed by atoms with Crippen LogP contribution in [0.2, 0.25) is 0 Å². The Morgan fingerprint density at radius 1 is 1.12 bits per heavy atom. The summed E-state index contributed by atoms with van der Waals surface area (Å²) in [6, 6.07) is 13.8. The summed E-state index contributed by atoms with van der Waals surface area (Å²) in [6.45, 7) is 0. The number of aryl methyl sites for hydroxylation is 1. The average molecular weight is 366 g/mol. The Kier molecular flexibility index (Phi) is 5.76. The number of nitrogens with zero attached hydrogens (tertiary/aromatic N) is 1. The molecule has 0 saturated carbocycles. The zero-order chi connectivity index (χ0) is 18.4. The van der Waals surface area contributed by atoms with Gasteiger partial charge in [-0.1, -0.05) is 30.3 Å². The van der Waals surface area contributed by atoms with Crippen LogP contribution in [0.15, 0.2) is 59.4 Å². The molecule has 6 heteroatoms. The molecular weight excluding hydrogens is 348 g/mol. The van der Waals surface area contributed by atoms with E-state index in [-0.39, 0.29) is 5.91 Å². The van der Waals surface area contributed by atoms with Gasteiger partial charge in [-0.3, -0.25) is 9.78 Å². The van der Waals surface area contributed by atoms with Gasteiger partial charge in [-0.15, -0.1) is 11.3 Å². The number of amides is 1. The number of hydrogen-bond donors (Lipinski definition) is 1. The fourth-order valence-corrected chi connectivity index (χ4v) is 3.26. The first-order chi connectivity index (χ1) is 12.7. The number of aromatic nitrogens is 1. The summed E-state index contributed by atoms with van der Waals surface area (Å²) < 4.78 is 4.71. The Morgan fingerprint density at radius 3 is 2.62 bits per heavy atom. The second kappa shape index (κ2) is 8.40. The molecule has 0 radical (unpaired) electrons. The predicted molar refractivity (Wildman–Crippen MR) is 102 cm³/mol. The minimum absolute atomic E-state index is 0.137. The van der Waals surface area contributed by atoms with E-state index in [1.54, 1.807) is 17.0 Å². The molecule has 0 bridgehead atoms. The van der Waals surface area contributed by atoms with Crippen LogP contribution in [0.3, 0.4) is 0 Å². The third kappa shape index (κ3) is 4.34. The highest BCUT2D eigenvalue weighted by Crippen LogP contribution is 2.22. The first-order valence-corrected chi connectivity index (χ1v) is 9.06. The van der Waals surface area contributed by atoms with E-state index in [1.807, 2.05) is 42.5 Å². The molecule has 0 aliphatic heterocycles. The van der Waals surface area contributed by atoms with Crippen molar-refractivity contribution < 1.29 is 14.3 Å². The van der Waals surface area contributed by atoms with Gasteiger partial charge in [0.15, 0.2) is 0 Å². The maximum atomic E-state index is 12.2. The van der Waals surface area contributed by atoms with E-state index in [9.17, 15) is 9.59 Å². The molecule has 0 unspecified atom stereocenters. The van der Waals surface area contributed by atoms with E-state index in [2.05, 4.69) is 10.3 Å². The van der Waals surface area contributed by atoms with Crippen LogP contribution in [-0.2, 0) is 16.0 Å². The Hall–Kier alpha value is -2.99. The summed E-state index contributed by atoms with van der Waals surface area (Å²) in [6.07, 6.45) is 2.71. The second-order valence-corrected chi connectivity index (χ2v) is 6.39. The summed E-state index contributed by atoms with van der Waals surface area (Å²) in [5.41, 5.74) is 3.91. The topological polar surface area (TPSA) is 68.3 Å². The highest BCUT2D eigenvalue weighted by molar-refractivity contribution is 7.08. The molecule has 2 aromatic heterocycles. The normalized spacial score (nSPS) is 10.3. The van der Waals surface area contributed by atoms with Gasteiger partial charge in [0.25, 0.3) is 0 Å². The van der Waals surface area contributed by atoms with Gasteiger partial charge in [-0.05, 0) is 24.1 Å². The molecular formula is C20H18N2O3S. The Labute approximate surface area is 155 Å². The SMILES string of the molecule is COC(=O)c1cscc1NC(=O)CCc1ccc(-c2ccccn2)cc1. The smallest absolute Gasteiger partial charge is 0.340 e. The van der Waals surface area contributed by atoms with Gasteiger partial charge in [0.1, 0.15) is 0 Å². The predicted octanol–water partition coefficient (Wildman–Crippen LogP) is 4.17. The fraction of sp³-hybridized carbons (Fsp3) is 0.150. The van der Waals surface area contributed by atoms with Crippen LogP contribution in [0.25, 0.3) is 11.3 Å². The number of carbonyl (C=O) groups excluding carboxylic acids is 2. The van der Waals surface area contributed by atoms with Crippen molar-refractivity contribution in [3.63, 3.8) is 0 Å². The zero-order valence-electron chi connectivity index (χ0n) is 14.3. The molecule has 0 fully saturated rings. The van der Waals surface area contributed by atoms with Gasteiger partial charge >= 0.3 is 5.97 Å². The highest BCUT2D eigenvalue weighted by atomic mass is 32.1. The van der Waals surface area contributed by atoms with E-state index in [4.69, 9.17) is 4.74 Å². The van der Waals surface area contributed by atoms with Gasteiger partial charge in [0.2, 0.25) is 5.91 Å². The monoisotopic (exact) mass is 366 g/mol. The van der Waals surface area contributed by atoms with Gasteiger partial charge < -0.3 is 10.1 Å². The van der Waals surface area contributed by atoms with Crippen LogP contribution in [0.1, 0.15) is 22.3 Å². The Bertz CT molecular complexity index is 889. The Balaban J connectivity index is 1.57. The highest BCUT2D eigenvalue weighted by Gasteiger charge is 2.15. The van der Waals surface area contributed by atoms with E-state index < -0.39 is 5.97 Å². The molecule has 1 N–H and O–H groups in total. The van der Waals surface area contributed by atoms with E-state index in [1.165, 1.54) is 18.4 Å². The molecule has 0 aliphatic carbocycles. The number of esters is 1. The third-order valence-corrected chi connectivity index (χ3v) is 4.64. The summed E-state index contributed by atoms with van der Waals surface area (Å²) in [5, 5.41) is 6.17. The number of hydrogen-bond acceptors (Lipinski definition) is 5. The average Bonchev–Trinajstić information content (AvgIpc) is 3.15. The fourth-order valence-electron chi connectivity index (χ4n) is 2.51. The van der Waals surface area contributed by atoms with Gasteiger partial charge in [-0.25, -0.2) is 4.79 Å². The molecule has 3 aromatic rings. The minimum atomic E-state index is -0.452. The quantitative estimate of drug-likeness (QED) is 0.665. The number of pyridine rings is 1. The summed E-state index contributed by atoms with van der Waals surface area (Å²) >= 11 is 1.34. The number of ether oxygens (including phenoxy) is 1. The second-order valence-electron chi connectivity index (χ2n) is 5.65. The number of benzene rings is 1. The number of nitrogens with one attached hydrogen (secondary N) is 1. The Morgan fingerprint density at radius 2 is 1.92 bits per heavy atom. The van der Waals surface area contributed by atoms with E-state index in [0.717, 1.165) is 16.8 Å². The maximum absolute atomic E-state index is 12.2. The van der Waals surface area contributed by atoms with Crippen LogP contribution < -0.4 is 5.32 Å². The molecule has 0 aliphatic rings. The van der Waals surface area contributed by atoms with Crippen LogP contribution in [-0.4, -0.2) is 24.0 Å². The summed E-state index contributed by atoms with van der Waals surface area (Å²) in [5.74, 6) is -0.589. The molecule has 0 atom stereocenters. The minimum Gasteiger partial charge on any atom is -0.465 e. The molecule has 0 saturated heterocycles. The number of carbonyl (C=O) groups is 2. The first-order valence-electron chi connectivity index (χ1n) is 8.12. The van der Waals surface area contributed by atoms with Gasteiger partial charge in [-0.2, -0.15) is 0 Å². The number of rotatable bonds is 6. The van der Waals surface area contributed by atoms with Crippen molar-refractivity contribution in [3.05, 3.63) is 70.5 Å². The van der Waals surface area contributed by atoms with Crippen LogP contribution in [0, 0.1) is 0 Å². The van der Waals surface area contributed by atoms with Crippen LogP contribution >= 0.6 is 11.3 Å². The van der Waals surface area contributed by atoms with Crippen molar-refractivity contribution in [3.8, 4) is 11.3 Å². The van der Waals surface area contributed by atoms with Crippen molar-refractivity contribution in [2.24, 2.45) is 0 Å². The summed E-state index contributed by atoms with van der Waals surface area (Å²) in [4.78, 5) is 28.1. The molecule has 0 spiro atoms. The number of anilines is 1.